The molecule has 0 fully saturated rings. The Kier molecular flexibility index (Phi) is 2.92. The van der Waals surface area contributed by atoms with Crippen LogP contribution in [0.4, 0.5) is 0 Å². The lowest BCUT2D eigenvalue weighted by molar-refractivity contribution is 0.715. The molecule has 0 radical (unpaired) electrons. The summed E-state index contributed by atoms with van der Waals surface area (Å²) < 4.78 is 1.75. The van der Waals surface area contributed by atoms with E-state index in [0.717, 1.165) is 16.9 Å². The van der Waals surface area contributed by atoms with E-state index in [-0.39, 0.29) is 5.92 Å². The quantitative estimate of drug-likeness (QED) is 0.790. The molecule has 0 aliphatic heterocycles. The second-order valence-corrected chi connectivity index (χ2v) is 4.34. The summed E-state index contributed by atoms with van der Waals surface area (Å²) in [6.45, 7) is 6.10. The van der Waals surface area contributed by atoms with Gasteiger partial charge in [0.2, 0.25) is 0 Å². The first-order chi connectivity index (χ1) is 8.13. The number of nitrogens with zero attached hydrogens (tertiary/aromatic N) is 4. The van der Waals surface area contributed by atoms with Crippen molar-refractivity contribution in [1.82, 2.24) is 15.0 Å². The molecule has 0 amide bonds. The van der Waals surface area contributed by atoms with E-state index in [1.165, 1.54) is 0 Å². The van der Waals surface area contributed by atoms with Crippen molar-refractivity contribution in [3.05, 3.63) is 41.2 Å². The normalized spacial score (nSPS) is 10.5. The molecule has 0 atom stereocenters. The van der Waals surface area contributed by atoms with Crippen LogP contribution < -0.4 is 0 Å². The maximum atomic E-state index is 9.02. The molecule has 4 nitrogen and oxygen atoms in total. The Balaban J connectivity index is 2.61. The van der Waals surface area contributed by atoms with Crippen molar-refractivity contribution in [2.75, 3.05) is 0 Å². The highest BCUT2D eigenvalue weighted by Gasteiger charge is 2.16. The summed E-state index contributed by atoms with van der Waals surface area (Å²) in [5.41, 5.74) is 3.37. The number of nitriles is 1. The minimum atomic E-state index is 0.208. The van der Waals surface area contributed by atoms with Gasteiger partial charge in [-0.05, 0) is 30.5 Å². The minimum Gasteiger partial charge on any atom is -0.216 e. The van der Waals surface area contributed by atoms with E-state index in [9.17, 15) is 0 Å². The van der Waals surface area contributed by atoms with Crippen LogP contribution in [-0.4, -0.2) is 15.0 Å². The average Bonchev–Trinajstić information content (AvgIpc) is 2.72. The van der Waals surface area contributed by atoms with Gasteiger partial charge in [-0.3, -0.25) is 0 Å². The largest absolute Gasteiger partial charge is 0.216 e. The molecule has 0 aliphatic rings. The molecular weight excluding hydrogens is 212 g/mol. The number of aryl methyl sites for hydroxylation is 1. The Morgan fingerprint density at radius 1 is 1.35 bits per heavy atom. The lowest BCUT2D eigenvalue weighted by Gasteiger charge is -2.09. The summed E-state index contributed by atoms with van der Waals surface area (Å²) in [6.07, 6.45) is 0. The molecule has 1 aromatic heterocycles. The molecule has 0 saturated heterocycles. The van der Waals surface area contributed by atoms with Gasteiger partial charge in [0.05, 0.1) is 11.4 Å². The molecule has 86 valence electrons. The molecule has 1 aromatic carbocycles. The third-order valence-corrected chi connectivity index (χ3v) is 2.60. The monoisotopic (exact) mass is 226 g/mol. The Hall–Kier alpha value is -2.15. The predicted molar refractivity (Wildman–Crippen MR) is 64.9 cm³/mol. The Morgan fingerprint density at radius 2 is 2.12 bits per heavy atom. The van der Waals surface area contributed by atoms with Gasteiger partial charge in [-0.1, -0.05) is 31.2 Å². The van der Waals surface area contributed by atoms with Crippen molar-refractivity contribution in [1.29, 1.82) is 5.26 Å². The zero-order chi connectivity index (χ0) is 12.4. The number of hydrogen-bond donors (Lipinski definition) is 0. The van der Waals surface area contributed by atoms with E-state index in [1.807, 2.05) is 45.0 Å². The van der Waals surface area contributed by atoms with Gasteiger partial charge < -0.3 is 0 Å². The van der Waals surface area contributed by atoms with Crippen LogP contribution in [0.1, 0.15) is 36.7 Å². The van der Waals surface area contributed by atoms with Crippen LogP contribution in [0.15, 0.2) is 24.3 Å². The third-order valence-electron chi connectivity index (χ3n) is 2.60. The molecule has 2 rings (SSSR count). The van der Waals surface area contributed by atoms with Crippen molar-refractivity contribution in [2.45, 2.75) is 26.7 Å². The van der Waals surface area contributed by atoms with Gasteiger partial charge in [0.15, 0.2) is 5.69 Å². The molecule has 0 aliphatic carbocycles. The standard InChI is InChI=1S/C13H14N4/c1-9(2)13-12(8-14)15-16-17(13)11-6-4-5-10(3)7-11/h4-7,9H,1-3H3. The summed E-state index contributed by atoms with van der Waals surface area (Å²) in [7, 11) is 0. The van der Waals surface area contributed by atoms with Crippen LogP contribution in [0.3, 0.4) is 0 Å². The lowest BCUT2D eigenvalue weighted by Crippen LogP contribution is -2.05. The number of rotatable bonds is 2. The fourth-order valence-corrected chi connectivity index (χ4v) is 1.84. The topological polar surface area (TPSA) is 54.5 Å². The van der Waals surface area contributed by atoms with Crippen LogP contribution in [0.2, 0.25) is 0 Å². The van der Waals surface area contributed by atoms with Crippen molar-refractivity contribution in [3.8, 4) is 11.8 Å². The van der Waals surface area contributed by atoms with Gasteiger partial charge in [-0.15, -0.1) is 5.10 Å². The van der Waals surface area contributed by atoms with E-state index in [0.29, 0.717) is 5.69 Å². The fraction of sp³-hybridized carbons (Fsp3) is 0.308. The summed E-state index contributed by atoms with van der Waals surface area (Å²) in [5, 5.41) is 17.0. The second-order valence-electron chi connectivity index (χ2n) is 4.34. The van der Waals surface area contributed by atoms with Gasteiger partial charge in [-0.2, -0.15) is 5.26 Å². The fourth-order valence-electron chi connectivity index (χ4n) is 1.84. The van der Waals surface area contributed by atoms with Crippen LogP contribution >= 0.6 is 0 Å². The zero-order valence-electron chi connectivity index (χ0n) is 10.2. The molecule has 17 heavy (non-hydrogen) atoms. The highest BCUT2D eigenvalue weighted by Crippen LogP contribution is 2.21. The highest BCUT2D eigenvalue weighted by molar-refractivity contribution is 5.39. The first-order valence-corrected chi connectivity index (χ1v) is 5.56. The van der Waals surface area contributed by atoms with E-state index in [1.54, 1.807) is 4.68 Å². The lowest BCUT2D eigenvalue weighted by atomic mass is 10.1. The van der Waals surface area contributed by atoms with Gasteiger partial charge in [0.1, 0.15) is 6.07 Å². The summed E-state index contributed by atoms with van der Waals surface area (Å²) in [4.78, 5) is 0. The number of hydrogen-bond acceptors (Lipinski definition) is 3. The van der Waals surface area contributed by atoms with Crippen molar-refractivity contribution in [2.24, 2.45) is 0 Å². The molecule has 4 heteroatoms. The Bertz CT molecular complexity index is 575. The van der Waals surface area contributed by atoms with Crippen LogP contribution in [0, 0.1) is 18.3 Å². The summed E-state index contributed by atoms with van der Waals surface area (Å²) >= 11 is 0. The first kappa shape index (κ1) is 11.3. The Labute approximate surface area is 101 Å². The van der Waals surface area contributed by atoms with Crippen LogP contribution in [0.5, 0.6) is 0 Å². The van der Waals surface area contributed by atoms with Gasteiger partial charge in [0.25, 0.3) is 0 Å². The van der Waals surface area contributed by atoms with Crippen LogP contribution in [-0.2, 0) is 0 Å². The van der Waals surface area contributed by atoms with Gasteiger partial charge >= 0.3 is 0 Å². The van der Waals surface area contributed by atoms with Gasteiger partial charge in [0, 0.05) is 0 Å². The van der Waals surface area contributed by atoms with Crippen LogP contribution in [0.25, 0.3) is 5.69 Å². The maximum absolute atomic E-state index is 9.02. The zero-order valence-corrected chi connectivity index (χ0v) is 10.2. The molecule has 0 saturated carbocycles. The van der Waals surface area contributed by atoms with E-state index < -0.39 is 0 Å². The summed E-state index contributed by atoms with van der Waals surface area (Å²) in [5.74, 6) is 0.208. The summed E-state index contributed by atoms with van der Waals surface area (Å²) in [6, 6.07) is 10.1. The Morgan fingerprint density at radius 3 is 2.71 bits per heavy atom. The molecule has 0 N–H and O–H groups in total. The SMILES string of the molecule is Cc1cccc(-n2nnc(C#N)c2C(C)C)c1. The van der Waals surface area contributed by atoms with Crippen molar-refractivity contribution < 1.29 is 0 Å². The third kappa shape index (κ3) is 2.04. The van der Waals surface area contributed by atoms with Crippen molar-refractivity contribution >= 4 is 0 Å². The molecule has 0 spiro atoms. The molecule has 1 heterocycles. The molecular formula is C13H14N4. The van der Waals surface area contributed by atoms with E-state index >= 15 is 0 Å². The van der Waals surface area contributed by atoms with E-state index in [2.05, 4.69) is 16.4 Å². The van der Waals surface area contributed by atoms with Gasteiger partial charge in [-0.25, -0.2) is 4.68 Å². The average molecular weight is 226 g/mol. The molecule has 2 aromatic rings. The molecule has 0 unspecified atom stereocenters. The first-order valence-electron chi connectivity index (χ1n) is 5.56. The highest BCUT2D eigenvalue weighted by atomic mass is 15.4. The minimum absolute atomic E-state index is 0.208. The predicted octanol–water partition coefficient (Wildman–Crippen LogP) is 2.57. The number of aromatic nitrogens is 3. The second kappa shape index (κ2) is 4.38. The number of benzene rings is 1. The van der Waals surface area contributed by atoms with Crippen molar-refractivity contribution in [3.63, 3.8) is 0 Å². The van der Waals surface area contributed by atoms with E-state index in [4.69, 9.17) is 5.26 Å². The smallest absolute Gasteiger partial charge is 0.186 e. The molecule has 0 bridgehead atoms. The maximum Gasteiger partial charge on any atom is 0.186 e.